The van der Waals surface area contributed by atoms with Gasteiger partial charge in [0.1, 0.15) is 5.76 Å². The molecule has 0 aliphatic rings. The van der Waals surface area contributed by atoms with Crippen LogP contribution in [0.25, 0.3) is 0 Å². The van der Waals surface area contributed by atoms with Crippen LogP contribution in [0, 0.1) is 6.92 Å². The molecule has 0 amide bonds. The zero-order valence-electron chi connectivity index (χ0n) is 9.15. The van der Waals surface area contributed by atoms with Crippen molar-refractivity contribution in [3.8, 4) is 0 Å². The fourth-order valence-corrected chi connectivity index (χ4v) is 1.92. The molecule has 0 aliphatic carbocycles. The molecule has 1 aromatic heterocycles. The van der Waals surface area contributed by atoms with Crippen molar-refractivity contribution in [2.75, 3.05) is 7.11 Å². The Morgan fingerprint density at radius 1 is 1.73 bits per heavy atom. The Labute approximate surface area is 93.3 Å². The van der Waals surface area contributed by atoms with Gasteiger partial charge in [-0.1, -0.05) is 12.1 Å². The molecule has 0 bridgehead atoms. The van der Waals surface area contributed by atoms with E-state index in [4.69, 9.17) is 4.52 Å². The normalized spacial score (nSPS) is 12.5. The van der Waals surface area contributed by atoms with Crippen molar-refractivity contribution in [2.24, 2.45) is 0 Å². The number of aryl methyl sites for hydroxylation is 1. The Morgan fingerprint density at radius 3 is 3.00 bits per heavy atom. The SMILES string of the molecule is COC(=O)C[C@H](C)SCc1cc(C)no1. The molecule has 4 nitrogen and oxygen atoms in total. The summed E-state index contributed by atoms with van der Waals surface area (Å²) in [6.07, 6.45) is 0.425. The van der Waals surface area contributed by atoms with E-state index in [0.717, 1.165) is 17.2 Å². The number of hydrogen-bond donors (Lipinski definition) is 0. The molecule has 0 unspecified atom stereocenters. The summed E-state index contributed by atoms with van der Waals surface area (Å²) in [6.45, 7) is 3.88. The maximum Gasteiger partial charge on any atom is 0.306 e. The van der Waals surface area contributed by atoms with E-state index in [2.05, 4.69) is 9.89 Å². The Bertz CT molecular complexity index is 324. The van der Waals surface area contributed by atoms with Gasteiger partial charge in [0.05, 0.1) is 25.0 Å². The first-order valence-corrected chi connectivity index (χ1v) is 5.77. The first-order chi connectivity index (χ1) is 7.11. The van der Waals surface area contributed by atoms with Crippen LogP contribution in [0.4, 0.5) is 0 Å². The van der Waals surface area contributed by atoms with Crippen LogP contribution in [0.5, 0.6) is 0 Å². The molecule has 0 spiro atoms. The van der Waals surface area contributed by atoms with Gasteiger partial charge in [-0.25, -0.2) is 0 Å². The molecule has 1 atom stereocenters. The number of nitrogens with zero attached hydrogens (tertiary/aromatic N) is 1. The van der Waals surface area contributed by atoms with E-state index in [1.807, 2.05) is 19.9 Å². The first-order valence-electron chi connectivity index (χ1n) is 4.72. The summed E-state index contributed by atoms with van der Waals surface area (Å²) in [6, 6.07) is 1.90. The number of ether oxygens (including phenoxy) is 1. The number of esters is 1. The van der Waals surface area contributed by atoms with Gasteiger partial charge in [-0.05, 0) is 6.92 Å². The number of methoxy groups -OCH3 is 1. The topological polar surface area (TPSA) is 52.3 Å². The van der Waals surface area contributed by atoms with Gasteiger partial charge in [0, 0.05) is 11.3 Å². The van der Waals surface area contributed by atoms with Crippen molar-refractivity contribution >= 4 is 17.7 Å². The van der Waals surface area contributed by atoms with Gasteiger partial charge in [-0.3, -0.25) is 4.79 Å². The van der Waals surface area contributed by atoms with Gasteiger partial charge in [0.2, 0.25) is 0 Å². The molecule has 0 N–H and O–H groups in total. The highest BCUT2D eigenvalue weighted by Crippen LogP contribution is 2.20. The van der Waals surface area contributed by atoms with Crippen LogP contribution in [0.15, 0.2) is 10.6 Å². The lowest BCUT2D eigenvalue weighted by atomic mass is 10.3. The molecule has 1 heterocycles. The third-order valence-electron chi connectivity index (χ3n) is 1.87. The number of rotatable bonds is 5. The molecule has 0 aliphatic heterocycles. The molecule has 0 aromatic carbocycles. The number of carbonyl (C=O) groups is 1. The van der Waals surface area contributed by atoms with Crippen LogP contribution in [-0.4, -0.2) is 23.5 Å². The Hall–Kier alpha value is -0.970. The second-order valence-corrected chi connectivity index (χ2v) is 4.76. The molecule has 84 valence electrons. The summed E-state index contributed by atoms with van der Waals surface area (Å²) < 4.78 is 9.65. The molecule has 15 heavy (non-hydrogen) atoms. The quantitative estimate of drug-likeness (QED) is 0.724. The molecule has 1 rings (SSSR count). The third kappa shape index (κ3) is 4.38. The average molecular weight is 229 g/mol. The van der Waals surface area contributed by atoms with E-state index in [1.165, 1.54) is 7.11 Å². The van der Waals surface area contributed by atoms with Crippen molar-refractivity contribution in [2.45, 2.75) is 31.3 Å². The summed E-state index contributed by atoms with van der Waals surface area (Å²) in [5, 5.41) is 4.02. The highest BCUT2D eigenvalue weighted by molar-refractivity contribution is 7.99. The lowest BCUT2D eigenvalue weighted by Crippen LogP contribution is -2.08. The molecular weight excluding hydrogens is 214 g/mol. The smallest absolute Gasteiger partial charge is 0.306 e. The Kier molecular flexibility index (Phi) is 4.68. The van der Waals surface area contributed by atoms with Gasteiger partial charge >= 0.3 is 5.97 Å². The molecule has 5 heteroatoms. The zero-order valence-corrected chi connectivity index (χ0v) is 9.97. The minimum absolute atomic E-state index is 0.177. The molecule has 0 radical (unpaired) electrons. The van der Waals surface area contributed by atoms with Crippen LogP contribution < -0.4 is 0 Å². The number of thioether (sulfide) groups is 1. The maximum absolute atomic E-state index is 11.0. The van der Waals surface area contributed by atoms with Crippen molar-refractivity contribution < 1.29 is 14.1 Å². The molecule has 0 saturated heterocycles. The van der Waals surface area contributed by atoms with Crippen molar-refractivity contribution in [1.82, 2.24) is 5.16 Å². The lowest BCUT2D eigenvalue weighted by Gasteiger charge is -2.07. The Balaban J connectivity index is 2.28. The van der Waals surface area contributed by atoms with Gasteiger partial charge in [-0.15, -0.1) is 0 Å². The van der Waals surface area contributed by atoms with Crippen LogP contribution in [0.1, 0.15) is 24.8 Å². The molecule has 0 saturated carbocycles. The molecular formula is C10H15NO3S. The number of hydrogen-bond acceptors (Lipinski definition) is 5. The van der Waals surface area contributed by atoms with Crippen LogP contribution >= 0.6 is 11.8 Å². The largest absolute Gasteiger partial charge is 0.469 e. The van der Waals surface area contributed by atoms with Gasteiger partial charge in [0.25, 0.3) is 0 Å². The summed E-state index contributed by atoms with van der Waals surface area (Å²) in [4.78, 5) is 11.0. The lowest BCUT2D eigenvalue weighted by molar-refractivity contribution is -0.140. The standard InChI is InChI=1S/C10H15NO3S/c1-7-4-9(14-11-7)6-15-8(2)5-10(12)13-3/h4,8H,5-6H2,1-3H3/t8-/m0/s1. The minimum atomic E-state index is -0.177. The Morgan fingerprint density at radius 2 is 2.47 bits per heavy atom. The second-order valence-electron chi connectivity index (χ2n) is 3.34. The fourth-order valence-electron chi connectivity index (χ4n) is 1.09. The summed E-state index contributed by atoms with van der Waals surface area (Å²) in [5.41, 5.74) is 0.881. The van der Waals surface area contributed by atoms with E-state index in [1.54, 1.807) is 11.8 Å². The predicted molar refractivity (Wildman–Crippen MR) is 58.6 cm³/mol. The summed E-state index contributed by atoms with van der Waals surface area (Å²) in [5.74, 6) is 1.40. The van der Waals surface area contributed by atoms with E-state index < -0.39 is 0 Å². The summed E-state index contributed by atoms with van der Waals surface area (Å²) >= 11 is 1.65. The monoisotopic (exact) mass is 229 g/mol. The van der Waals surface area contributed by atoms with Crippen molar-refractivity contribution in [1.29, 1.82) is 0 Å². The van der Waals surface area contributed by atoms with Gasteiger partial charge < -0.3 is 9.26 Å². The van der Waals surface area contributed by atoms with Crippen LogP contribution in [-0.2, 0) is 15.3 Å². The van der Waals surface area contributed by atoms with E-state index >= 15 is 0 Å². The first kappa shape index (κ1) is 12.1. The van der Waals surface area contributed by atoms with Crippen molar-refractivity contribution in [3.63, 3.8) is 0 Å². The molecule has 1 aromatic rings. The number of aromatic nitrogens is 1. The predicted octanol–water partition coefficient (Wildman–Crippen LogP) is 2.17. The summed E-state index contributed by atoms with van der Waals surface area (Å²) in [7, 11) is 1.40. The van der Waals surface area contributed by atoms with E-state index in [9.17, 15) is 4.79 Å². The highest BCUT2D eigenvalue weighted by atomic mass is 32.2. The van der Waals surface area contributed by atoms with E-state index in [0.29, 0.717) is 6.42 Å². The number of carbonyl (C=O) groups excluding carboxylic acids is 1. The van der Waals surface area contributed by atoms with Crippen molar-refractivity contribution in [3.05, 3.63) is 17.5 Å². The second kappa shape index (κ2) is 5.80. The fraction of sp³-hybridized carbons (Fsp3) is 0.600. The average Bonchev–Trinajstić information content (AvgIpc) is 2.61. The van der Waals surface area contributed by atoms with Crippen LogP contribution in [0.3, 0.4) is 0 Å². The highest BCUT2D eigenvalue weighted by Gasteiger charge is 2.11. The van der Waals surface area contributed by atoms with Gasteiger partial charge in [0.15, 0.2) is 0 Å². The maximum atomic E-state index is 11.0. The van der Waals surface area contributed by atoms with Crippen LogP contribution in [0.2, 0.25) is 0 Å². The van der Waals surface area contributed by atoms with Gasteiger partial charge in [-0.2, -0.15) is 11.8 Å². The van der Waals surface area contributed by atoms with E-state index in [-0.39, 0.29) is 11.2 Å². The zero-order chi connectivity index (χ0) is 11.3. The third-order valence-corrected chi connectivity index (χ3v) is 3.06. The molecule has 0 fully saturated rings. The minimum Gasteiger partial charge on any atom is -0.469 e.